The summed E-state index contributed by atoms with van der Waals surface area (Å²) in [4.78, 5) is 37.5. The Morgan fingerprint density at radius 1 is 1.17 bits per heavy atom. The van der Waals surface area contributed by atoms with Crippen LogP contribution >= 0.6 is 0 Å². The Morgan fingerprint density at radius 2 is 1.83 bits per heavy atom. The van der Waals surface area contributed by atoms with Crippen molar-refractivity contribution in [2.75, 3.05) is 0 Å². The molecule has 0 fully saturated rings. The SMILES string of the molecule is CC(=O)c1c[nH]c(C(=O)NNC(=O)C(C)Oc2ccc(F)cc2)c1. The third-order valence-corrected chi connectivity index (χ3v) is 3.13. The number of ether oxygens (including phenoxy) is 1. The number of benzene rings is 1. The number of H-pyrrole nitrogens is 1. The number of rotatable bonds is 5. The first-order valence-electron chi connectivity index (χ1n) is 7.08. The second-order valence-electron chi connectivity index (χ2n) is 5.02. The standard InChI is InChI=1S/C16H16FN3O4/c1-9(21)11-7-14(18-8-11)16(23)20-19-15(22)10(2)24-13-5-3-12(17)4-6-13/h3-8,10,18H,1-2H3,(H,19,22)(H,20,23). The van der Waals surface area contributed by atoms with Gasteiger partial charge in [0.25, 0.3) is 11.8 Å². The molecule has 0 aliphatic heterocycles. The monoisotopic (exact) mass is 333 g/mol. The molecule has 0 spiro atoms. The van der Waals surface area contributed by atoms with E-state index in [2.05, 4.69) is 15.8 Å². The van der Waals surface area contributed by atoms with Gasteiger partial charge in [0.2, 0.25) is 0 Å². The zero-order valence-corrected chi connectivity index (χ0v) is 13.1. The number of aromatic amines is 1. The predicted octanol–water partition coefficient (Wildman–Crippen LogP) is 1.58. The number of ketones is 1. The Bertz CT molecular complexity index is 755. The molecule has 1 atom stereocenters. The van der Waals surface area contributed by atoms with Crippen molar-refractivity contribution in [1.29, 1.82) is 0 Å². The number of amides is 2. The number of hydrogen-bond donors (Lipinski definition) is 3. The van der Waals surface area contributed by atoms with E-state index in [1.165, 1.54) is 50.4 Å². The van der Waals surface area contributed by atoms with Crippen molar-refractivity contribution >= 4 is 17.6 Å². The molecule has 0 saturated carbocycles. The Kier molecular flexibility index (Phi) is 5.31. The molecule has 0 radical (unpaired) electrons. The second kappa shape index (κ2) is 7.40. The fourth-order valence-electron chi connectivity index (χ4n) is 1.79. The van der Waals surface area contributed by atoms with Crippen LogP contribution in [0.4, 0.5) is 4.39 Å². The fourth-order valence-corrected chi connectivity index (χ4v) is 1.79. The average Bonchev–Trinajstić information content (AvgIpc) is 3.04. The first kappa shape index (κ1) is 17.2. The lowest BCUT2D eigenvalue weighted by Gasteiger charge is -2.14. The van der Waals surface area contributed by atoms with Gasteiger partial charge in [-0.3, -0.25) is 25.2 Å². The topological polar surface area (TPSA) is 100 Å². The van der Waals surface area contributed by atoms with Crippen LogP contribution in [0.15, 0.2) is 36.5 Å². The number of hydrazine groups is 1. The molecule has 1 aromatic heterocycles. The zero-order valence-electron chi connectivity index (χ0n) is 13.1. The number of carbonyl (C=O) groups excluding carboxylic acids is 3. The first-order chi connectivity index (χ1) is 11.4. The van der Waals surface area contributed by atoms with Crippen molar-refractivity contribution in [3.05, 3.63) is 53.6 Å². The molecule has 0 bridgehead atoms. The van der Waals surface area contributed by atoms with Crippen molar-refractivity contribution in [3.8, 4) is 5.75 Å². The number of nitrogens with one attached hydrogen (secondary N) is 3. The maximum Gasteiger partial charge on any atom is 0.286 e. The number of hydrogen-bond acceptors (Lipinski definition) is 4. The van der Waals surface area contributed by atoms with E-state index >= 15 is 0 Å². The molecule has 7 nitrogen and oxygen atoms in total. The molecule has 3 N–H and O–H groups in total. The summed E-state index contributed by atoms with van der Waals surface area (Å²) in [5, 5.41) is 0. The highest BCUT2D eigenvalue weighted by atomic mass is 19.1. The highest BCUT2D eigenvalue weighted by Crippen LogP contribution is 2.12. The summed E-state index contributed by atoms with van der Waals surface area (Å²) in [6.07, 6.45) is 0.492. The Hall–Kier alpha value is -3.16. The van der Waals surface area contributed by atoms with Crippen molar-refractivity contribution in [3.63, 3.8) is 0 Å². The van der Waals surface area contributed by atoms with Gasteiger partial charge in [0, 0.05) is 11.8 Å². The van der Waals surface area contributed by atoms with Crippen LogP contribution in [0.2, 0.25) is 0 Å². The van der Waals surface area contributed by atoms with Crippen LogP contribution in [-0.4, -0.2) is 28.7 Å². The minimum absolute atomic E-state index is 0.132. The normalized spacial score (nSPS) is 11.5. The molecule has 24 heavy (non-hydrogen) atoms. The van der Waals surface area contributed by atoms with E-state index in [-0.39, 0.29) is 11.5 Å². The van der Waals surface area contributed by atoms with Gasteiger partial charge in [0.1, 0.15) is 17.3 Å². The summed E-state index contributed by atoms with van der Waals surface area (Å²) in [5.74, 6) is -1.48. The van der Waals surface area contributed by atoms with Crippen molar-refractivity contribution in [2.24, 2.45) is 0 Å². The van der Waals surface area contributed by atoms with E-state index in [1.807, 2.05) is 0 Å². The first-order valence-corrected chi connectivity index (χ1v) is 7.08. The molecule has 8 heteroatoms. The molecule has 2 aromatic rings. The summed E-state index contributed by atoms with van der Waals surface area (Å²) in [7, 11) is 0. The van der Waals surface area contributed by atoms with E-state index in [1.54, 1.807) is 0 Å². The minimum Gasteiger partial charge on any atom is -0.481 e. The highest BCUT2D eigenvalue weighted by molar-refractivity contribution is 5.99. The molecule has 2 amide bonds. The number of aromatic nitrogens is 1. The van der Waals surface area contributed by atoms with E-state index in [9.17, 15) is 18.8 Å². The van der Waals surface area contributed by atoms with Crippen LogP contribution in [0.5, 0.6) is 5.75 Å². The van der Waals surface area contributed by atoms with Gasteiger partial charge in [0.15, 0.2) is 11.9 Å². The molecule has 1 unspecified atom stereocenters. The smallest absolute Gasteiger partial charge is 0.286 e. The van der Waals surface area contributed by atoms with Crippen LogP contribution in [0, 0.1) is 5.82 Å². The van der Waals surface area contributed by atoms with E-state index in [4.69, 9.17) is 4.74 Å². The van der Waals surface area contributed by atoms with Crippen LogP contribution in [-0.2, 0) is 4.79 Å². The van der Waals surface area contributed by atoms with E-state index < -0.39 is 23.7 Å². The number of halogens is 1. The van der Waals surface area contributed by atoms with Crippen LogP contribution < -0.4 is 15.6 Å². The van der Waals surface area contributed by atoms with Gasteiger partial charge in [0.05, 0.1) is 0 Å². The van der Waals surface area contributed by atoms with Crippen molar-refractivity contribution in [2.45, 2.75) is 20.0 Å². The lowest BCUT2D eigenvalue weighted by Crippen LogP contribution is -2.47. The van der Waals surface area contributed by atoms with Gasteiger partial charge in [-0.1, -0.05) is 0 Å². The van der Waals surface area contributed by atoms with Crippen LogP contribution in [0.3, 0.4) is 0 Å². The third kappa shape index (κ3) is 4.42. The van der Waals surface area contributed by atoms with Gasteiger partial charge < -0.3 is 9.72 Å². The van der Waals surface area contributed by atoms with Gasteiger partial charge in [-0.25, -0.2) is 4.39 Å². The van der Waals surface area contributed by atoms with Crippen molar-refractivity contribution in [1.82, 2.24) is 15.8 Å². The molecular weight excluding hydrogens is 317 g/mol. The zero-order chi connectivity index (χ0) is 17.7. The summed E-state index contributed by atoms with van der Waals surface area (Å²) >= 11 is 0. The van der Waals surface area contributed by atoms with Gasteiger partial charge >= 0.3 is 0 Å². The summed E-state index contributed by atoms with van der Waals surface area (Å²) in [5.41, 5.74) is 4.91. The second-order valence-corrected chi connectivity index (χ2v) is 5.02. The quantitative estimate of drug-likeness (QED) is 0.571. The van der Waals surface area contributed by atoms with Gasteiger partial charge in [-0.2, -0.15) is 0 Å². The number of Topliss-reactive ketones (excluding diaryl/α,β-unsaturated/α-hetero) is 1. The maximum absolute atomic E-state index is 12.8. The molecule has 1 heterocycles. The summed E-state index contributed by atoms with van der Waals surface area (Å²) < 4.78 is 18.1. The Balaban J connectivity index is 1.85. The highest BCUT2D eigenvalue weighted by Gasteiger charge is 2.17. The molecule has 1 aromatic carbocycles. The van der Waals surface area contributed by atoms with Gasteiger partial charge in [-0.05, 0) is 44.2 Å². The van der Waals surface area contributed by atoms with E-state index in [0.29, 0.717) is 11.3 Å². The lowest BCUT2D eigenvalue weighted by atomic mass is 10.2. The minimum atomic E-state index is -0.910. The molecule has 0 saturated heterocycles. The van der Waals surface area contributed by atoms with Crippen LogP contribution in [0.25, 0.3) is 0 Å². The van der Waals surface area contributed by atoms with Crippen LogP contribution in [0.1, 0.15) is 34.7 Å². The third-order valence-electron chi connectivity index (χ3n) is 3.13. The largest absolute Gasteiger partial charge is 0.481 e. The van der Waals surface area contributed by atoms with E-state index in [0.717, 1.165) is 0 Å². The summed E-state index contributed by atoms with van der Waals surface area (Å²) in [6, 6.07) is 6.57. The predicted molar refractivity (Wildman–Crippen MR) is 82.9 cm³/mol. The maximum atomic E-state index is 12.8. The molecular formula is C16H16FN3O4. The molecule has 0 aliphatic rings. The Labute approximate surface area is 137 Å². The summed E-state index contributed by atoms with van der Waals surface area (Å²) in [6.45, 7) is 2.86. The van der Waals surface area contributed by atoms with Crippen molar-refractivity contribution < 1.29 is 23.5 Å². The van der Waals surface area contributed by atoms with Gasteiger partial charge in [-0.15, -0.1) is 0 Å². The molecule has 126 valence electrons. The molecule has 0 aliphatic carbocycles. The number of carbonyl (C=O) groups is 3. The lowest BCUT2D eigenvalue weighted by molar-refractivity contribution is -0.128. The average molecular weight is 333 g/mol. The Morgan fingerprint density at radius 3 is 2.42 bits per heavy atom. The fraction of sp³-hybridized carbons (Fsp3) is 0.188. The molecule has 2 rings (SSSR count).